The molecule has 0 aromatic heterocycles. The number of hydrogen-bond acceptors (Lipinski definition) is 2. The van der Waals surface area contributed by atoms with Crippen molar-refractivity contribution in [3.63, 3.8) is 0 Å². The zero-order valence-electron chi connectivity index (χ0n) is 11.4. The molecule has 2 rings (SSSR count). The van der Waals surface area contributed by atoms with Crippen molar-refractivity contribution in [3.8, 4) is 0 Å². The van der Waals surface area contributed by atoms with Crippen LogP contribution in [-0.2, 0) is 6.54 Å². The zero-order valence-corrected chi connectivity index (χ0v) is 12.1. The van der Waals surface area contributed by atoms with Crippen molar-refractivity contribution in [1.29, 1.82) is 0 Å². The summed E-state index contributed by atoms with van der Waals surface area (Å²) < 4.78 is 0. The summed E-state index contributed by atoms with van der Waals surface area (Å²) in [5.41, 5.74) is 2.49. The normalized spacial score (nSPS) is 21.2. The van der Waals surface area contributed by atoms with E-state index in [2.05, 4.69) is 35.3 Å². The molecule has 3 heteroatoms. The predicted octanol–water partition coefficient (Wildman–Crippen LogP) is 3.22. The molecule has 1 atom stereocenters. The van der Waals surface area contributed by atoms with E-state index in [9.17, 15) is 0 Å². The SMILES string of the molecule is CNCC1CCCCN1Cc1ccc(C)c(Cl)c1. The van der Waals surface area contributed by atoms with Gasteiger partial charge in [0.05, 0.1) is 0 Å². The molecule has 0 spiro atoms. The highest BCUT2D eigenvalue weighted by molar-refractivity contribution is 6.31. The smallest absolute Gasteiger partial charge is 0.0438 e. The highest BCUT2D eigenvalue weighted by Crippen LogP contribution is 2.22. The van der Waals surface area contributed by atoms with E-state index >= 15 is 0 Å². The second-order valence-electron chi connectivity index (χ2n) is 5.26. The van der Waals surface area contributed by atoms with Crippen LogP contribution in [0.2, 0.25) is 5.02 Å². The fourth-order valence-electron chi connectivity index (χ4n) is 2.70. The molecular weight excluding hydrogens is 244 g/mol. The highest BCUT2D eigenvalue weighted by Gasteiger charge is 2.21. The van der Waals surface area contributed by atoms with Crippen LogP contribution in [0.4, 0.5) is 0 Å². The number of likely N-dealkylation sites (N-methyl/N-ethyl adjacent to an activating group) is 1. The van der Waals surface area contributed by atoms with E-state index in [0.717, 1.165) is 23.7 Å². The van der Waals surface area contributed by atoms with Crippen LogP contribution in [0.25, 0.3) is 0 Å². The summed E-state index contributed by atoms with van der Waals surface area (Å²) in [6, 6.07) is 7.10. The Kier molecular flexibility index (Phi) is 5.04. The summed E-state index contributed by atoms with van der Waals surface area (Å²) in [5, 5.41) is 4.19. The minimum absolute atomic E-state index is 0.670. The van der Waals surface area contributed by atoms with E-state index in [-0.39, 0.29) is 0 Å². The van der Waals surface area contributed by atoms with Gasteiger partial charge in [0.25, 0.3) is 0 Å². The Balaban J connectivity index is 2.03. The number of likely N-dealkylation sites (tertiary alicyclic amines) is 1. The van der Waals surface area contributed by atoms with Gasteiger partial charge < -0.3 is 5.32 Å². The van der Waals surface area contributed by atoms with Gasteiger partial charge in [-0.25, -0.2) is 0 Å². The molecule has 0 radical (unpaired) electrons. The van der Waals surface area contributed by atoms with Crippen molar-refractivity contribution in [2.45, 2.75) is 38.8 Å². The molecule has 2 nitrogen and oxygen atoms in total. The van der Waals surface area contributed by atoms with Gasteiger partial charge in [-0.05, 0) is 50.6 Å². The number of piperidine rings is 1. The van der Waals surface area contributed by atoms with E-state index in [0.29, 0.717) is 6.04 Å². The molecule has 1 saturated heterocycles. The Hall–Kier alpha value is -0.570. The van der Waals surface area contributed by atoms with Crippen molar-refractivity contribution in [3.05, 3.63) is 34.3 Å². The van der Waals surface area contributed by atoms with Gasteiger partial charge in [-0.15, -0.1) is 0 Å². The Morgan fingerprint density at radius 2 is 2.22 bits per heavy atom. The lowest BCUT2D eigenvalue weighted by Crippen LogP contribution is -2.44. The molecule has 100 valence electrons. The summed E-state index contributed by atoms with van der Waals surface area (Å²) in [7, 11) is 2.04. The van der Waals surface area contributed by atoms with E-state index in [4.69, 9.17) is 11.6 Å². The second-order valence-corrected chi connectivity index (χ2v) is 5.67. The fourth-order valence-corrected chi connectivity index (χ4v) is 2.91. The minimum atomic E-state index is 0.670. The highest BCUT2D eigenvalue weighted by atomic mass is 35.5. The van der Waals surface area contributed by atoms with Crippen LogP contribution < -0.4 is 5.32 Å². The Labute approximate surface area is 115 Å². The standard InChI is InChI=1S/C15H23ClN2/c1-12-6-7-13(9-15(12)16)11-18-8-4-3-5-14(18)10-17-2/h6-7,9,14,17H,3-5,8,10-11H2,1-2H3. The van der Waals surface area contributed by atoms with Gasteiger partial charge in [-0.1, -0.05) is 30.2 Å². The zero-order chi connectivity index (χ0) is 13.0. The Morgan fingerprint density at radius 3 is 2.94 bits per heavy atom. The monoisotopic (exact) mass is 266 g/mol. The average molecular weight is 267 g/mol. The molecule has 1 unspecified atom stereocenters. The number of hydrogen-bond donors (Lipinski definition) is 1. The summed E-state index contributed by atoms with van der Waals surface area (Å²) in [4.78, 5) is 2.58. The first-order valence-electron chi connectivity index (χ1n) is 6.84. The van der Waals surface area contributed by atoms with Gasteiger partial charge in [0, 0.05) is 24.2 Å². The topological polar surface area (TPSA) is 15.3 Å². The lowest BCUT2D eigenvalue weighted by Gasteiger charge is -2.35. The second kappa shape index (κ2) is 6.55. The third-order valence-electron chi connectivity index (χ3n) is 3.81. The lowest BCUT2D eigenvalue weighted by molar-refractivity contribution is 0.139. The van der Waals surface area contributed by atoms with Crippen LogP contribution in [-0.4, -0.2) is 31.1 Å². The number of nitrogens with one attached hydrogen (secondary N) is 1. The third-order valence-corrected chi connectivity index (χ3v) is 4.22. The van der Waals surface area contributed by atoms with Crippen molar-refractivity contribution in [2.75, 3.05) is 20.1 Å². The average Bonchev–Trinajstić information content (AvgIpc) is 2.37. The molecule has 1 aliphatic heterocycles. The summed E-state index contributed by atoms with van der Waals surface area (Å²) in [5.74, 6) is 0. The van der Waals surface area contributed by atoms with E-state index in [1.54, 1.807) is 0 Å². The summed E-state index contributed by atoms with van der Waals surface area (Å²) >= 11 is 6.20. The van der Waals surface area contributed by atoms with Crippen LogP contribution in [0.15, 0.2) is 18.2 Å². The van der Waals surface area contributed by atoms with Crippen LogP contribution >= 0.6 is 11.6 Å². The molecule has 0 bridgehead atoms. The van der Waals surface area contributed by atoms with Crippen molar-refractivity contribution < 1.29 is 0 Å². The predicted molar refractivity (Wildman–Crippen MR) is 78.2 cm³/mol. The molecule has 1 aliphatic rings. The maximum Gasteiger partial charge on any atom is 0.0438 e. The molecule has 1 aromatic carbocycles. The number of benzene rings is 1. The molecule has 1 heterocycles. The molecule has 1 fully saturated rings. The summed E-state index contributed by atoms with van der Waals surface area (Å²) in [6.45, 7) is 5.36. The first-order chi connectivity index (χ1) is 8.70. The molecule has 0 aliphatic carbocycles. The van der Waals surface area contributed by atoms with Gasteiger partial charge in [-0.3, -0.25) is 4.90 Å². The number of nitrogens with zero attached hydrogens (tertiary/aromatic N) is 1. The molecular formula is C15H23ClN2. The van der Waals surface area contributed by atoms with Crippen LogP contribution in [0.5, 0.6) is 0 Å². The lowest BCUT2D eigenvalue weighted by atomic mass is 10.0. The van der Waals surface area contributed by atoms with Crippen LogP contribution in [0, 0.1) is 6.92 Å². The van der Waals surface area contributed by atoms with Gasteiger partial charge in [0.2, 0.25) is 0 Å². The number of rotatable bonds is 4. The largest absolute Gasteiger partial charge is 0.318 e. The van der Waals surface area contributed by atoms with Crippen molar-refractivity contribution in [2.24, 2.45) is 0 Å². The quantitative estimate of drug-likeness (QED) is 0.900. The number of halogens is 1. The summed E-state index contributed by atoms with van der Waals surface area (Å²) in [6.07, 6.45) is 3.98. The minimum Gasteiger partial charge on any atom is -0.318 e. The third kappa shape index (κ3) is 3.47. The first kappa shape index (κ1) is 13.9. The van der Waals surface area contributed by atoms with Gasteiger partial charge in [0.1, 0.15) is 0 Å². The molecule has 0 amide bonds. The van der Waals surface area contributed by atoms with Crippen molar-refractivity contribution >= 4 is 11.6 Å². The van der Waals surface area contributed by atoms with Crippen LogP contribution in [0.1, 0.15) is 30.4 Å². The molecule has 1 aromatic rings. The Morgan fingerprint density at radius 1 is 1.39 bits per heavy atom. The van der Waals surface area contributed by atoms with E-state index < -0.39 is 0 Å². The first-order valence-corrected chi connectivity index (χ1v) is 7.22. The Bertz CT molecular complexity index is 390. The van der Waals surface area contributed by atoms with Crippen LogP contribution in [0.3, 0.4) is 0 Å². The van der Waals surface area contributed by atoms with Gasteiger partial charge in [-0.2, -0.15) is 0 Å². The van der Waals surface area contributed by atoms with E-state index in [1.165, 1.54) is 31.4 Å². The molecule has 18 heavy (non-hydrogen) atoms. The fraction of sp³-hybridized carbons (Fsp3) is 0.600. The van der Waals surface area contributed by atoms with E-state index in [1.807, 2.05) is 7.05 Å². The molecule has 0 saturated carbocycles. The maximum atomic E-state index is 6.20. The van der Waals surface area contributed by atoms with Crippen molar-refractivity contribution in [1.82, 2.24) is 10.2 Å². The number of aryl methyl sites for hydroxylation is 1. The van der Waals surface area contributed by atoms with Gasteiger partial charge in [0.15, 0.2) is 0 Å². The van der Waals surface area contributed by atoms with Gasteiger partial charge >= 0.3 is 0 Å². The maximum absolute atomic E-state index is 6.20. The molecule has 1 N–H and O–H groups in total.